The molecule has 29 heavy (non-hydrogen) atoms. The summed E-state index contributed by atoms with van der Waals surface area (Å²) in [7, 11) is 0. The van der Waals surface area contributed by atoms with E-state index in [-0.39, 0.29) is 5.41 Å². The van der Waals surface area contributed by atoms with Gasteiger partial charge >= 0.3 is 12.1 Å². The molecule has 1 aliphatic rings. The van der Waals surface area contributed by atoms with E-state index in [0.717, 1.165) is 42.4 Å². The number of alkyl halides is 3. The van der Waals surface area contributed by atoms with Crippen molar-refractivity contribution < 1.29 is 27.8 Å². The molecule has 1 saturated carbocycles. The summed E-state index contributed by atoms with van der Waals surface area (Å²) in [4.78, 5) is 10.8. The molecule has 0 radical (unpaired) electrons. The first-order valence-corrected chi connectivity index (χ1v) is 9.18. The Labute approximate surface area is 167 Å². The maximum absolute atomic E-state index is 12.8. The minimum atomic E-state index is -4.41. The zero-order valence-electron chi connectivity index (χ0n) is 15.9. The molecule has 0 aliphatic heterocycles. The van der Waals surface area contributed by atoms with Crippen LogP contribution in [0.25, 0.3) is 5.57 Å². The molecule has 1 aliphatic carbocycles. The first kappa shape index (κ1) is 20.7. The van der Waals surface area contributed by atoms with E-state index < -0.39 is 17.7 Å². The number of ether oxygens (including phenoxy) is 1. The SMILES string of the molecule is CC1(COc2ccc(/C(=C\C=C\C(=O)O)c3ccc(C(F)(F)F)cc3)cc2)CC1. The smallest absolute Gasteiger partial charge is 0.416 e. The second-order valence-electron chi connectivity index (χ2n) is 7.48. The van der Waals surface area contributed by atoms with Gasteiger partial charge in [0.05, 0.1) is 12.2 Å². The minimum Gasteiger partial charge on any atom is -0.493 e. The number of carboxylic acid groups (broad SMARTS) is 1. The molecular formula is C23H21F3O3. The molecule has 0 bridgehead atoms. The maximum atomic E-state index is 12.8. The van der Waals surface area contributed by atoms with Gasteiger partial charge in [-0.15, -0.1) is 0 Å². The van der Waals surface area contributed by atoms with Crippen LogP contribution in [0.15, 0.2) is 66.8 Å². The van der Waals surface area contributed by atoms with Crippen molar-refractivity contribution in [2.45, 2.75) is 25.9 Å². The molecule has 3 nitrogen and oxygen atoms in total. The van der Waals surface area contributed by atoms with Crippen molar-refractivity contribution in [1.29, 1.82) is 0 Å². The van der Waals surface area contributed by atoms with E-state index in [9.17, 15) is 18.0 Å². The summed E-state index contributed by atoms with van der Waals surface area (Å²) >= 11 is 0. The summed E-state index contributed by atoms with van der Waals surface area (Å²) in [5, 5.41) is 8.80. The summed E-state index contributed by atoms with van der Waals surface area (Å²) < 4.78 is 44.3. The van der Waals surface area contributed by atoms with Crippen molar-refractivity contribution >= 4 is 11.5 Å². The van der Waals surface area contributed by atoms with E-state index in [4.69, 9.17) is 9.84 Å². The highest BCUT2D eigenvalue weighted by Gasteiger charge is 2.38. The lowest BCUT2D eigenvalue weighted by atomic mass is 9.96. The van der Waals surface area contributed by atoms with Gasteiger partial charge in [-0.3, -0.25) is 0 Å². The number of carboxylic acids is 1. The molecule has 0 heterocycles. The molecular weight excluding hydrogens is 381 g/mol. The molecule has 0 atom stereocenters. The summed E-state index contributed by atoms with van der Waals surface area (Å²) in [6, 6.07) is 12.0. The van der Waals surface area contributed by atoms with Crippen molar-refractivity contribution in [3.63, 3.8) is 0 Å². The van der Waals surface area contributed by atoms with Gasteiger partial charge in [-0.25, -0.2) is 4.79 Å². The van der Waals surface area contributed by atoms with Crippen LogP contribution < -0.4 is 4.74 Å². The van der Waals surface area contributed by atoms with Gasteiger partial charge in [0.2, 0.25) is 0 Å². The van der Waals surface area contributed by atoms with E-state index in [0.29, 0.717) is 17.7 Å². The third-order valence-corrected chi connectivity index (χ3v) is 4.88. The fourth-order valence-corrected chi connectivity index (χ4v) is 2.77. The number of halogens is 3. The number of allylic oxidation sites excluding steroid dienone is 2. The Bertz CT molecular complexity index is 919. The van der Waals surface area contributed by atoms with Gasteiger partial charge in [-0.05, 0) is 53.8 Å². The molecule has 1 N–H and O–H groups in total. The summed E-state index contributed by atoms with van der Waals surface area (Å²) in [6.45, 7) is 2.82. The molecule has 2 aromatic rings. The number of rotatable bonds is 7. The average molecular weight is 402 g/mol. The summed E-state index contributed by atoms with van der Waals surface area (Å²) in [6.07, 6.45) is 1.79. The first-order valence-electron chi connectivity index (χ1n) is 9.18. The van der Waals surface area contributed by atoms with Gasteiger partial charge < -0.3 is 9.84 Å². The van der Waals surface area contributed by atoms with Gasteiger partial charge in [0.15, 0.2) is 0 Å². The molecule has 0 spiro atoms. The Morgan fingerprint density at radius 3 is 2.10 bits per heavy atom. The molecule has 0 saturated heterocycles. The lowest BCUT2D eigenvalue weighted by Gasteiger charge is -2.13. The molecule has 2 aromatic carbocycles. The largest absolute Gasteiger partial charge is 0.493 e. The quantitative estimate of drug-likeness (QED) is 0.459. The Morgan fingerprint density at radius 1 is 1.07 bits per heavy atom. The van der Waals surface area contributed by atoms with Crippen LogP contribution in [0.4, 0.5) is 13.2 Å². The van der Waals surface area contributed by atoms with Crippen LogP contribution in [0, 0.1) is 5.41 Å². The van der Waals surface area contributed by atoms with Crippen LogP contribution in [0.3, 0.4) is 0 Å². The topological polar surface area (TPSA) is 46.5 Å². The predicted molar refractivity (Wildman–Crippen MR) is 105 cm³/mol. The summed E-state index contributed by atoms with van der Waals surface area (Å²) in [5.41, 5.74) is 1.42. The van der Waals surface area contributed by atoms with Gasteiger partial charge in [-0.2, -0.15) is 13.2 Å². The normalized spacial score (nSPS) is 16.1. The van der Waals surface area contributed by atoms with Crippen LogP contribution >= 0.6 is 0 Å². The zero-order chi connectivity index (χ0) is 21.1. The highest BCUT2D eigenvalue weighted by Crippen LogP contribution is 2.45. The minimum absolute atomic E-state index is 0.256. The Balaban J connectivity index is 1.86. The zero-order valence-corrected chi connectivity index (χ0v) is 15.9. The summed E-state index contributed by atoms with van der Waals surface area (Å²) in [5.74, 6) is -0.389. The highest BCUT2D eigenvalue weighted by molar-refractivity contribution is 5.84. The number of hydrogen-bond donors (Lipinski definition) is 1. The van der Waals surface area contributed by atoms with Crippen LogP contribution in [0.1, 0.15) is 36.5 Å². The van der Waals surface area contributed by atoms with Crippen LogP contribution in [0.5, 0.6) is 5.75 Å². The Hall–Kier alpha value is -3.02. The second-order valence-corrected chi connectivity index (χ2v) is 7.48. The van der Waals surface area contributed by atoms with Gasteiger partial charge in [-0.1, -0.05) is 43.3 Å². The predicted octanol–water partition coefficient (Wildman–Crippen LogP) is 5.96. The lowest BCUT2D eigenvalue weighted by molar-refractivity contribution is -0.137. The van der Waals surface area contributed by atoms with E-state index in [1.807, 2.05) is 12.1 Å². The fraction of sp³-hybridized carbons (Fsp3) is 0.261. The van der Waals surface area contributed by atoms with Crippen molar-refractivity contribution in [3.05, 3.63) is 83.4 Å². The fourth-order valence-electron chi connectivity index (χ4n) is 2.77. The number of hydrogen-bond acceptors (Lipinski definition) is 2. The molecule has 0 amide bonds. The average Bonchev–Trinajstić information content (AvgIpc) is 3.41. The van der Waals surface area contributed by atoms with Gasteiger partial charge in [0, 0.05) is 11.5 Å². The number of carbonyl (C=O) groups is 1. The monoisotopic (exact) mass is 402 g/mol. The number of aliphatic carboxylic acids is 1. The molecule has 0 aromatic heterocycles. The van der Waals surface area contributed by atoms with Crippen molar-refractivity contribution in [2.24, 2.45) is 5.41 Å². The second kappa shape index (κ2) is 8.15. The van der Waals surface area contributed by atoms with E-state index in [2.05, 4.69) is 6.92 Å². The third-order valence-electron chi connectivity index (χ3n) is 4.88. The Kier molecular flexibility index (Phi) is 5.82. The number of benzene rings is 2. The van der Waals surface area contributed by atoms with Crippen molar-refractivity contribution in [3.8, 4) is 5.75 Å². The van der Waals surface area contributed by atoms with E-state index >= 15 is 0 Å². The van der Waals surface area contributed by atoms with Crippen molar-refractivity contribution in [2.75, 3.05) is 6.61 Å². The first-order chi connectivity index (χ1) is 13.7. The Morgan fingerprint density at radius 2 is 1.62 bits per heavy atom. The molecule has 3 rings (SSSR count). The maximum Gasteiger partial charge on any atom is 0.416 e. The van der Waals surface area contributed by atoms with Crippen LogP contribution in [0.2, 0.25) is 0 Å². The van der Waals surface area contributed by atoms with Crippen LogP contribution in [-0.4, -0.2) is 17.7 Å². The lowest BCUT2D eigenvalue weighted by Crippen LogP contribution is -2.08. The highest BCUT2D eigenvalue weighted by atomic mass is 19.4. The third kappa shape index (κ3) is 5.73. The van der Waals surface area contributed by atoms with E-state index in [1.54, 1.807) is 18.2 Å². The molecule has 0 unspecified atom stereocenters. The van der Waals surface area contributed by atoms with E-state index in [1.165, 1.54) is 18.2 Å². The molecule has 6 heteroatoms. The molecule has 1 fully saturated rings. The van der Waals surface area contributed by atoms with Gasteiger partial charge in [0.1, 0.15) is 5.75 Å². The van der Waals surface area contributed by atoms with Crippen molar-refractivity contribution in [1.82, 2.24) is 0 Å². The van der Waals surface area contributed by atoms with Gasteiger partial charge in [0.25, 0.3) is 0 Å². The standard InChI is InChI=1S/C23H21F3O3/c1-22(13-14-22)15-29-19-11-7-17(8-12-19)20(3-2-4-21(27)28)16-5-9-18(10-6-16)23(24,25)26/h2-12H,13-15H2,1H3,(H,27,28)/b4-2+,20-3-. The van der Waals surface area contributed by atoms with Crippen LogP contribution in [-0.2, 0) is 11.0 Å². The molecule has 152 valence electrons.